The van der Waals surface area contributed by atoms with Gasteiger partial charge in [0.05, 0.1) is 10.5 Å². The first kappa shape index (κ1) is 26.9. The van der Waals surface area contributed by atoms with E-state index in [9.17, 15) is 26.7 Å². The maximum atomic E-state index is 13.6. The van der Waals surface area contributed by atoms with Crippen molar-refractivity contribution < 1.29 is 26.7 Å². The molecule has 38 heavy (non-hydrogen) atoms. The van der Waals surface area contributed by atoms with E-state index in [1.807, 2.05) is 49.4 Å². The number of sulfonamides is 1. The highest BCUT2D eigenvalue weighted by Gasteiger charge is 2.50. The van der Waals surface area contributed by atoms with Crippen molar-refractivity contribution in [1.29, 1.82) is 0 Å². The van der Waals surface area contributed by atoms with Crippen LogP contribution in [0.2, 0.25) is 5.02 Å². The number of aliphatic hydroxyl groups is 1. The molecule has 3 aromatic rings. The molecule has 200 valence electrons. The number of hydrogen-bond acceptors (Lipinski definition) is 4. The molecule has 2 heterocycles. The van der Waals surface area contributed by atoms with Crippen molar-refractivity contribution in [3.8, 4) is 11.1 Å². The quantitative estimate of drug-likeness (QED) is 0.416. The van der Waals surface area contributed by atoms with Gasteiger partial charge in [-0.25, -0.2) is 8.42 Å². The summed E-state index contributed by atoms with van der Waals surface area (Å²) in [7, 11) is -4.47. The van der Waals surface area contributed by atoms with Crippen LogP contribution in [0.5, 0.6) is 0 Å². The summed E-state index contributed by atoms with van der Waals surface area (Å²) in [6, 6.07) is 17.1. The van der Waals surface area contributed by atoms with Gasteiger partial charge in [-0.1, -0.05) is 72.3 Å². The van der Waals surface area contributed by atoms with Crippen molar-refractivity contribution in [2.75, 3.05) is 19.6 Å². The minimum Gasteiger partial charge on any atom is -0.378 e. The maximum Gasteiger partial charge on any atom is 0.417 e. The lowest BCUT2D eigenvalue weighted by molar-refractivity contribution is -0.140. The van der Waals surface area contributed by atoms with Crippen molar-refractivity contribution in [2.45, 2.75) is 36.2 Å². The van der Waals surface area contributed by atoms with Crippen molar-refractivity contribution in [1.82, 2.24) is 9.21 Å². The Balaban J connectivity index is 1.45. The van der Waals surface area contributed by atoms with E-state index in [0.29, 0.717) is 11.6 Å². The summed E-state index contributed by atoms with van der Waals surface area (Å²) in [5.74, 6) is -0.411. The van der Waals surface area contributed by atoms with E-state index in [1.165, 1.54) is 12.1 Å². The highest BCUT2D eigenvalue weighted by Crippen LogP contribution is 2.42. The molecule has 1 saturated heterocycles. The molecule has 0 saturated carbocycles. The number of fused-ring (bicyclic) bond motifs is 1. The molecule has 5 rings (SSSR count). The van der Waals surface area contributed by atoms with Gasteiger partial charge in [0.2, 0.25) is 10.0 Å². The van der Waals surface area contributed by atoms with Crippen LogP contribution in [0.3, 0.4) is 0 Å². The molecular weight excluding hydrogens is 537 g/mol. The fourth-order valence-corrected chi connectivity index (χ4v) is 7.10. The van der Waals surface area contributed by atoms with Crippen LogP contribution in [0, 0.1) is 6.92 Å². The second-order valence-electron chi connectivity index (χ2n) is 9.53. The fraction of sp³-hybridized carbons (Fsp3) is 0.286. The van der Waals surface area contributed by atoms with Crippen LogP contribution >= 0.6 is 11.6 Å². The number of hydrogen-bond donors (Lipinski definition) is 1. The molecule has 0 radical (unpaired) electrons. The fourth-order valence-electron chi connectivity index (χ4n) is 5.30. The Morgan fingerprint density at radius 1 is 0.947 bits per heavy atom. The van der Waals surface area contributed by atoms with Crippen molar-refractivity contribution in [3.63, 3.8) is 0 Å². The number of alkyl halides is 3. The van der Waals surface area contributed by atoms with E-state index in [1.54, 1.807) is 17.1 Å². The van der Waals surface area contributed by atoms with Crippen LogP contribution in [0.15, 0.2) is 83.8 Å². The van der Waals surface area contributed by atoms with Gasteiger partial charge in [-0.3, -0.25) is 4.90 Å². The Morgan fingerprint density at radius 2 is 1.63 bits per heavy atom. The SMILES string of the molecule is Cc1c(Cl)cccc1-c1ccc([C@@H]2[C@@H](O)N3C/C=C\CN(S(=O)(=O)c4ccccc4C(F)(F)F)C[C@@H]23)cc1. The predicted octanol–water partition coefficient (Wildman–Crippen LogP) is 5.68. The normalized spacial score (nSPS) is 23.7. The van der Waals surface area contributed by atoms with Crippen molar-refractivity contribution in [3.05, 3.63) is 101 Å². The van der Waals surface area contributed by atoms with Gasteiger partial charge in [0.25, 0.3) is 0 Å². The first-order valence-corrected chi connectivity index (χ1v) is 13.9. The number of halogens is 4. The molecule has 0 amide bonds. The van der Waals surface area contributed by atoms with E-state index in [2.05, 4.69) is 0 Å². The third-order valence-electron chi connectivity index (χ3n) is 7.37. The van der Waals surface area contributed by atoms with Gasteiger partial charge in [-0.15, -0.1) is 0 Å². The van der Waals surface area contributed by atoms with Crippen LogP contribution in [-0.4, -0.2) is 54.6 Å². The minimum atomic E-state index is -4.81. The molecule has 0 unspecified atom stereocenters. The Bertz CT molecular complexity index is 1480. The predicted molar refractivity (Wildman–Crippen MR) is 140 cm³/mol. The van der Waals surface area contributed by atoms with E-state index in [4.69, 9.17) is 11.6 Å². The zero-order chi connectivity index (χ0) is 27.2. The first-order valence-electron chi connectivity index (χ1n) is 12.1. The molecule has 1 N–H and O–H groups in total. The zero-order valence-electron chi connectivity index (χ0n) is 20.4. The molecule has 10 heteroatoms. The van der Waals surface area contributed by atoms with E-state index < -0.39 is 44.8 Å². The Morgan fingerprint density at radius 3 is 2.34 bits per heavy atom. The smallest absolute Gasteiger partial charge is 0.378 e. The zero-order valence-corrected chi connectivity index (χ0v) is 22.0. The number of nitrogens with zero attached hydrogens (tertiary/aromatic N) is 2. The van der Waals surface area contributed by atoms with Crippen LogP contribution in [0.4, 0.5) is 13.2 Å². The lowest BCUT2D eigenvalue weighted by Gasteiger charge is -2.54. The molecule has 0 aromatic heterocycles. The van der Waals surface area contributed by atoms with Crippen molar-refractivity contribution in [2.24, 2.45) is 0 Å². The minimum absolute atomic E-state index is 0.0598. The van der Waals surface area contributed by atoms with Gasteiger partial charge in [-0.05, 0) is 47.4 Å². The molecule has 5 nitrogen and oxygen atoms in total. The van der Waals surface area contributed by atoms with Gasteiger partial charge in [0, 0.05) is 36.6 Å². The average molecular weight is 563 g/mol. The highest BCUT2D eigenvalue weighted by molar-refractivity contribution is 7.89. The first-order chi connectivity index (χ1) is 18.0. The van der Waals surface area contributed by atoms with Crippen molar-refractivity contribution >= 4 is 21.6 Å². The second kappa shape index (κ2) is 10.1. The summed E-state index contributed by atoms with van der Waals surface area (Å²) in [6.07, 6.45) is -2.33. The Kier molecular flexibility index (Phi) is 7.17. The second-order valence-corrected chi connectivity index (χ2v) is 11.8. The van der Waals surface area contributed by atoms with Gasteiger partial charge in [-0.2, -0.15) is 17.5 Å². The number of rotatable bonds is 4. The summed E-state index contributed by atoms with van der Waals surface area (Å²) in [4.78, 5) is 0.985. The summed E-state index contributed by atoms with van der Waals surface area (Å²) in [5.41, 5.74) is 2.51. The molecule has 2 aliphatic heterocycles. The van der Waals surface area contributed by atoms with Crippen LogP contribution in [-0.2, 0) is 16.2 Å². The molecule has 3 atom stereocenters. The standard InChI is InChI=1S/C28H26ClF3N2O3S/c1-18-21(7-6-9-23(18)29)19-11-13-20(14-12-19)26-24-17-33(15-4-5-16-34(24)27(26)35)38(36,37)25-10-3-2-8-22(25)28(30,31)32/h2-14,24,26-27,35H,15-17H2,1H3/b5-4-/t24-,26-,27+/m0/s1. The monoisotopic (exact) mass is 562 g/mol. The molecule has 0 aliphatic carbocycles. The lowest BCUT2D eigenvalue weighted by Crippen LogP contribution is -2.66. The van der Waals surface area contributed by atoms with Gasteiger partial charge in [0.1, 0.15) is 6.23 Å². The van der Waals surface area contributed by atoms with Crippen LogP contribution in [0.25, 0.3) is 11.1 Å². The molecule has 0 spiro atoms. The summed E-state index contributed by atoms with van der Waals surface area (Å²) >= 11 is 6.27. The average Bonchev–Trinajstić information content (AvgIpc) is 2.87. The number of aliphatic hydroxyl groups excluding tert-OH is 1. The van der Waals surface area contributed by atoms with Crippen LogP contribution < -0.4 is 0 Å². The van der Waals surface area contributed by atoms with E-state index in [0.717, 1.165) is 38.7 Å². The van der Waals surface area contributed by atoms with Gasteiger partial charge < -0.3 is 5.11 Å². The third kappa shape index (κ3) is 4.78. The summed E-state index contributed by atoms with van der Waals surface area (Å²) < 4.78 is 68.9. The van der Waals surface area contributed by atoms with E-state index in [-0.39, 0.29) is 13.1 Å². The summed E-state index contributed by atoms with van der Waals surface area (Å²) in [5, 5.41) is 11.6. The van der Waals surface area contributed by atoms with Crippen LogP contribution in [0.1, 0.15) is 22.6 Å². The van der Waals surface area contributed by atoms with E-state index >= 15 is 0 Å². The molecule has 1 fully saturated rings. The highest BCUT2D eigenvalue weighted by atomic mass is 35.5. The topological polar surface area (TPSA) is 60.9 Å². The molecule has 3 aromatic carbocycles. The molecule has 0 bridgehead atoms. The molecule has 2 aliphatic rings. The maximum absolute atomic E-state index is 13.6. The van der Waals surface area contributed by atoms with Gasteiger partial charge >= 0.3 is 6.18 Å². The third-order valence-corrected chi connectivity index (χ3v) is 9.67. The Labute approximate surface area is 224 Å². The number of benzene rings is 3. The summed E-state index contributed by atoms with van der Waals surface area (Å²) in [6.45, 7) is 2.23. The largest absolute Gasteiger partial charge is 0.417 e. The van der Waals surface area contributed by atoms with Gasteiger partial charge in [0.15, 0.2) is 0 Å². The molecular formula is C28H26ClF3N2O3S. The Hall–Kier alpha value is -2.69. The lowest BCUT2D eigenvalue weighted by atomic mass is 9.79.